The molecule has 1 unspecified atom stereocenters. The number of nitrogens with one attached hydrogen (secondary N) is 1. The Morgan fingerprint density at radius 1 is 1.11 bits per heavy atom. The lowest BCUT2D eigenvalue weighted by molar-refractivity contribution is 0.0706. The van der Waals surface area contributed by atoms with E-state index in [0.29, 0.717) is 24.2 Å². The van der Waals surface area contributed by atoms with Crippen LogP contribution in [0.1, 0.15) is 34.9 Å². The number of aromatic amines is 1. The third kappa shape index (κ3) is 2.76. The smallest absolute Gasteiger partial charge is 0.254 e. The van der Waals surface area contributed by atoms with Crippen LogP contribution >= 0.6 is 0 Å². The van der Waals surface area contributed by atoms with E-state index in [1.165, 1.54) is 6.07 Å². The molecule has 7 heteroatoms. The van der Waals surface area contributed by atoms with E-state index >= 15 is 0 Å². The first-order chi connectivity index (χ1) is 13.7. The van der Waals surface area contributed by atoms with Crippen LogP contribution in [0.3, 0.4) is 0 Å². The van der Waals surface area contributed by atoms with Crippen molar-refractivity contribution in [2.24, 2.45) is 0 Å². The Labute approximate surface area is 160 Å². The molecule has 0 saturated carbocycles. The number of amides is 1. The number of para-hydroxylation sites is 1. The SMILES string of the molecule is O=C(c1cc(=O)[nH]c2ccccc12)N1CCCC(c2nnc3ccccn23)C1. The zero-order chi connectivity index (χ0) is 19.1. The average molecular weight is 373 g/mol. The van der Waals surface area contributed by atoms with Gasteiger partial charge in [-0.1, -0.05) is 24.3 Å². The molecular formula is C21H19N5O2. The van der Waals surface area contributed by atoms with E-state index in [4.69, 9.17) is 0 Å². The maximum absolute atomic E-state index is 13.3. The number of piperidine rings is 1. The van der Waals surface area contributed by atoms with E-state index in [1.54, 1.807) is 0 Å². The van der Waals surface area contributed by atoms with Gasteiger partial charge in [0.25, 0.3) is 5.91 Å². The molecule has 1 saturated heterocycles. The Hall–Kier alpha value is -3.48. The predicted octanol–water partition coefficient (Wildman–Crippen LogP) is 2.59. The lowest BCUT2D eigenvalue weighted by atomic mass is 9.96. The third-order valence-corrected chi connectivity index (χ3v) is 5.39. The lowest BCUT2D eigenvalue weighted by Crippen LogP contribution is -2.40. The molecule has 7 nitrogen and oxygen atoms in total. The number of fused-ring (bicyclic) bond motifs is 2. The molecule has 0 radical (unpaired) electrons. The van der Waals surface area contributed by atoms with Crippen molar-refractivity contribution < 1.29 is 4.79 Å². The van der Waals surface area contributed by atoms with Crippen LogP contribution in [0, 0.1) is 0 Å². The molecule has 140 valence electrons. The van der Waals surface area contributed by atoms with Gasteiger partial charge in [-0.25, -0.2) is 0 Å². The van der Waals surface area contributed by atoms with Crippen LogP contribution in [-0.2, 0) is 0 Å². The standard InChI is InChI=1S/C21H19N5O2/c27-19-12-16(15-7-1-2-8-17(15)22-19)21(28)25-10-5-6-14(13-25)20-24-23-18-9-3-4-11-26(18)20/h1-4,7-9,11-12,14H,5-6,10,13H2,(H,22,27). The van der Waals surface area contributed by atoms with Crippen LogP contribution < -0.4 is 5.56 Å². The van der Waals surface area contributed by atoms with Gasteiger partial charge in [0.2, 0.25) is 5.56 Å². The van der Waals surface area contributed by atoms with Crippen molar-refractivity contribution in [1.29, 1.82) is 0 Å². The molecule has 1 aliphatic rings. The average Bonchev–Trinajstić information content (AvgIpc) is 3.17. The topological polar surface area (TPSA) is 83.4 Å². The molecule has 28 heavy (non-hydrogen) atoms. The molecular weight excluding hydrogens is 354 g/mol. The lowest BCUT2D eigenvalue weighted by Gasteiger charge is -2.32. The zero-order valence-electron chi connectivity index (χ0n) is 15.2. The molecule has 0 aliphatic carbocycles. The van der Waals surface area contributed by atoms with Crippen LogP contribution in [0.4, 0.5) is 0 Å². The number of rotatable bonds is 2. The van der Waals surface area contributed by atoms with Gasteiger partial charge in [-0.3, -0.25) is 14.0 Å². The molecule has 1 atom stereocenters. The highest BCUT2D eigenvalue weighted by atomic mass is 16.2. The van der Waals surface area contributed by atoms with Crippen LogP contribution in [0.15, 0.2) is 59.5 Å². The minimum absolute atomic E-state index is 0.110. The van der Waals surface area contributed by atoms with Crippen molar-refractivity contribution in [3.8, 4) is 0 Å². The van der Waals surface area contributed by atoms with Gasteiger partial charge in [-0.15, -0.1) is 10.2 Å². The van der Waals surface area contributed by atoms with Gasteiger partial charge in [-0.2, -0.15) is 0 Å². The van der Waals surface area contributed by atoms with Crippen LogP contribution in [0.25, 0.3) is 16.6 Å². The number of pyridine rings is 2. The molecule has 0 bridgehead atoms. The van der Waals surface area contributed by atoms with Crippen molar-refractivity contribution in [2.45, 2.75) is 18.8 Å². The highest BCUT2D eigenvalue weighted by Gasteiger charge is 2.29. The monoisotopic (exact) mass is 373 g/mol. The molecule has 5 rings (SSSR count). The maximum Gasteiger partial charge on any atom is 0.254 e. The zero-order valence-corrected chi connectivity index (χ0v) is 15.2. The van der Waals surface area contributed by atoms with Gasteiger partial charge in [0, 0.05) is 42.2 Å². The first-order valence-electron chi connectivity index (χ1n) is 9.42. The minimum Gasteiger partial charge on any atom is -0.338 e. The highest BCUT2D eigenvalue weighted by molar-refractivity contribution is 6.06. The summed E-state index contributed by atoms with van der Waals surface area (Å²) in [6, 6.07) is 14.6. The number of hydrogen-bond acceptors (Lipinski definition) is 4. The van der Waals surface area contributed by atoms with Crippen molar-refractivity contribution >= 4 is 22.5 Å². The highest BCUT2D eigenvalue weighted by Crippen LogP contribution is 2.28. The van der Waals surface area contributed by atoms with E-state index in [0.717, 1.165) is 29.7 Å². The maximum atomic E-state index is 13.3. The van der Waals surface area contributed by atoms with Gasteiger partial charge in [-0.05, 0) is 31.0 Å². The molecule has 1 N–H and O–H groups in total. The largest absolute Gasteiger partial charge is 0.338 e. The Bertz CT molecular complexity index is 1240. The number of H-pyrrole nitrogens is 1. The second-order valence-electron chi connectivity index (χ2n) is 7.17. The summed E-state index contributed by atoms with van der Waals surface area (Å²) >= 11 is 0. The molecule has 1 amide bonds. The summed E-state index contributed by atoms with van der Waals surface area (Å²) in [5, 5.41) is 9.37. The molecule has 1 fully saturated rings. The fraction of sp³-hybridized carbons (Fsp3) is 0.238. The van der Waals surface area contributed by atoms with Gasteiger partial charge in [0.05, 0.1) is 5.56 Å². The van der Waals surface area contributed by atoms with Gasteiger partial charge >= 0.3 is 0 Å². The summed E-state index contributed by atoms with van der Waals surface area (Å²) in [5.41, 5.74) is 1.67. The van der Waals surface area contributed by atoms with Crippen molar-refractivity contribution in [3.05, 3.63) is 76.5 Å². The number of nitrogens with zero attached hydrogens (tertiary/aromatic N) is 4. The van der Waals surface area contributed by atoms with E-state index in [9.17, 15) is 9.59 Å². The van der Waals surface area contributed by atoms with Crippen LogP contribution in [0.5, 0.6) is 0 Å². The first kappa shape index (κ1) is 16.7. The number of hydrogen-bond donors (Lipinski definition) is 1. The summed E-state index contributed by atoms with van der Waals surface area (Å²) < 4.78 is 1.99. The second-order valence-corrected chi connectivity index (χ2v) is 7.17. The van der Waals surface area contributed by atoms with Crippen LogP contribution in [0.2, 0.25) is 0 Å². The molecule has 3 aromatic heterocycles. The molecule has 0 spiro atoms. The minimum atomic E-state index is -0.265. The van der Waals surface area contributed by atoms with E-state index in [1.807, 2.05) is 58.0 Å². The quantitative estimate of drug-likeness (QED) is 0.585. The van der Waals surface area contributed by atoms with Crippen molar-refractivity contribution in [1.82, 2.24) is 24.5 Å². The number of aromatic nitrogens is 4. The normalized spacial score (nSPS) is 17.3. The number of likely N-dealkylation sites (tertiary alicyclic amines) is 1. The van der Waals surface area contributed by atoms with Gasteiger partial charge in [0.15, 0.2) is 5.65 Å². The van der Waals surface area contributed by atoms with E-state index in [2.05, 4.69) is 15.2 Å². The third-order valence-electron chi connectivity index (χ3n) is 5.39. The summed E-state index contributed by atoms with van der Waals surface area (Å²) in [7, 11) is 0. The molecule has 4 aromatic rings. The Morgan fingerprint density at radius 3 is 2.89 bits per heavy atom. The van der Waals surface area contributed by atoms with E-state index < -0.39 is 0 Å². The Morgan fingerprint density at radius 2 is 1.96 bits per heavy atom. The number of carbonyl (C=O) groups is 1. The summed E-state index contributed by atoms with van der Waals surface area (Å²) in [4.78, 5) is 29.9. The van der Waals surface area contributed by atoms with E-state index in [-0.39, 0.29) is 17.4 Å². The molecule has 1 aromatic carbocycles. The Balaban J connectivity index is 1.49. The first-order valence-corrected chi connectivity index (χ1v) is 9.42. The van der Waals surface area contributed by atoms with Crippen molar-refractivity contribution in [2.75, 3.05) is 13.1 Å². The van der Waals surface area contributed by atoms with Crippen molar-refractivity contribution in [3.63, 3.8) is 0 Å². The fourth-order valence-corrected chi connectivity index (χ4v) is 4.06. The fourth-order valence-electron chi connectivity index (χ4n) is 4.06. The summed E-state index contributed by atoms with van der Waals surface area (Å²) in [6.45, 7) is 1.24. The summed E-state index contributed by atoms with van der Waals surface area (Å²) in [5.74, 6) is 0.882. The van der Waals surface area contributed by atoms with Gasteiger partial charge in [0.1, 0.15) is 5.82 Å². The number of benzene rings is 1. The Kier molecular flexibility index (Phi) is 3.93. The molecule has 1 aliphatic heterocycles. The van der Waals surface area contributed by atoms with Crippen LogP contribution in [-0.4, -0.2) is 43.5 Å². The van der Waals surface area contributed by atoms with Gasteiger partial charge < -0.3 is 9.88 Å². The summed E-state index contributed by atoms with van der Waals surface area (Å²) in [6.07, 6.45) is 3.80. The predicted molar refractivity (Wildman–Crippen MR) is 105 cm³/mol. The number of carbonyl (C=O) groups excluding carboxylic acids is 1. The second kappa shape index (κ2) is 6.60. The molecule has 4 heterocycles.